The maximum absolute atomic E-state index is 5.81. The van der Waals surface area contributed by atoms with E-state index in [9.17, 15) is 0 Å². The van der Waals surface area contributed by atoms with Crippen molar-refractivity contribution in [3.8, 4) is 0 Å². The molecule has 0 bridgehead atoms. The van der Waals surface area contributed by atoms with E-state index in [2.05, 4.69) is 42.2 Å². The maximum Gasteiger partial charge on any atom is 0.0237 e. The first-order valence-corrected chi connectivity index (χ1v) is 7.77. The second-order valence-corrected chi connectivity index (χ2v) is 6.01. The van der Waals surface area contributed by atoms with E-state index < -0.39 is 0 Å². The first-order valence-electron chi connectivity index (χ1n) is 7.77. The van der Waals surface area contributed by atoms with Crippen LogP contribution in [0, 0.1) is 5.92 Å². The van der Waals surface area contributed by atoms with Crippen LogP contribution < -0.4 is 5.73 Å². The number of hydrogen-bond acceptors (Lipinski definition) is 2. The Morgan fingerprint density at radius 3 is 2.63 bits per heavy atom. The number of nitrogens with two attached hydrogens (primary N) is 1. The molecule has 2 heteroatoms. The third kappa shape index (κ3) is 4.63. The molecule has 2 atom stereocenters. The zero-order valence-corrected chi connectivity index (χ0v) is 12.2. The van der Waals surface area contributed by atoms with Crippen LogP contribution in [0.25, 0.3) is 0 Å². The van der Waals surface area contributed by atoms with Gasteiger partial charge in [0.15, 0.2) is 0 Å². The lowest BCUT2D eigenvalue weighted by Gasteiger charge is -2.31. The fraction of sp³-hybridized carbons (Fsp3) is 0.647. The third-order valence-electron chi connectivity index (χ3n) is 4.39. The lowest BCUT2D eigenvalue weighted by molar-refractivity contribution is 0.174. The molecule has 19 heavy (non-hydrogen) atoms. The third-order valence-corrected chi connectivity index (χ3v) is 4.39. The lowest BCUT2D eigenvalue weighted by Crippen LogP contribution is -2.38. The van der Waals surface area contributed by atoms with E-state index in [1.54, 1.807) is 0 Å². The minimum absolute atomic E-state index is 0.730. The molecular formula is C17H28N2. The van der Waals surface area contributed by atoms with Gasteiger partial charge in [0.2, 0.25) is 0 Å². The highest BCUT2D eigenvalue weighted by Crippen LogP contribution is 2.26. The summed E-state index contributed by atoms with van der Waals surface area (Å²) in [7, 11) is 0. The van der Waals surface area contributed by atoms with Crippen molar-refractivity contribution in [2.24, 2.45) is 11.7 Å². The Hall–Kier alpha value is -0.860. The SMILES string of the molecule is CC1CCCC(N(CCN)Cc2ccccc2)CC1. The van der Waals surface area contributed by atoms with Gasteiger partial charge >= 0.3 is 0 Å². The van der Waals surface area contributed by atoms with E-state index in [1.165, 1.54) is 37.7 Å². The maximum atomic E-state index is 5.81. The van der Waals surface area contributed by atoms with Crippen LogP contribution >= 0.6 is 0 Å². The Labute approximate surface area is 118 Å². The zero-order chi connectivity index (χ0) is 13.5. The molecule has 1 fully saturated rings. The van der Waals surface area contributed by atoms with Crippen molar-refractivity contribution >= 4 is 0 Å². The number of rotatable bonds is 5. The van der Waals surface area contributed by atoms with Crippen LogP contribution in [0.2, 0.25) is 0 Å². The second-order valence-electron chi connectivity index (χ2n) is 6.01. The topological polar surface area (TPSA) is 29.3 Å². The largest absolute Gasteiger partial charge is 0.329 e. The van der Waals surface area contributed by atoms with Crippen molar-refractivity contribution in [3.05, 3.63) is 35.9 Å². The Morgan fingerprint density at radius 1 is 1.11 bits per heavy atom. The van der Waals surface area contributed by atoms with Gasteiger partial charge in [-0.25, -0.2) is 0 Å². The van der Waals surface area contributed by atoms with E-state index in [4.69, 9.17) is 5.73 Å². The lowest BCUT2D eigenvalue weighted by atomic mass is 10.0. The van der Waals surface area contributed by atoms with Gasteiger partial charge in [-0.05, 0) is 30.7 Å². The minimum atomic E-state index is 0.730. The molecule has 0 aliphatic heterocycles. The van der Waals surface area contributed by atoms with Gasteiger partial charge in [-0.15, -0.1) is 0 Å². The summed E-state index contributed by atoms with van der Waals surface area (Å²) >= 11 is 0. The fourth-order valence-corrected chi connectivity index (χ4v) is 3.21. The Morgan fingerprint density at radius 2 is 1.89 bits per heavy atom. The van der Waals surface area contributed by atoms with E-state index in [0.717, 1.165) is 31.6 Å². The smallest absolute Gasteiger partial charge is 0.0237 e. The summed E-state index contributed by atoms with van der Waals surface area (Å²) < 4.78 is 0. The Bertz CT molecular complexity index is 350. The molecule has 1 aromatic rings. The molecule has 1 aliphatic rings. The van der Waals surface area contributed by atoms with Crippen LogP contribution in [0.5, 0.6) is 0 Å². The van der Waals surface area contributed by atoms with Crippen LogP contribution in [0.15, 0.2) is 30.3 Å². The highest BCUT2D eigenvalue weighted by atomic mass is 15.2. The van der Waals surface area contributed by atoms with Gasteiger partial charge in [-0.2, -0.15) is 0 Å². The van der Waals surface area contributed by atoms with Gasteiger partial charge in [0.05, 0.1) is 0 Å². The molecule has 2 nitrogen and oxygen atoms in total. The molecular weight excluding hydrogens is 232 g/mol. The molecule has 1 aromatic carbocycles. The number of nitrogens with zero attached hydrogens (tertiary/aromatic N) is 1. The van der Waals surface area contributed by atoms with E-state index in [-0.39, 0.29) is 0 Å². The molecule has 0 saturated heterocycles. The van der Waals surface area contributed by atoms with Crippen molar-refractivity contribution in [2.45, 2.75) is 51.6 Å². The van der Waals surface area contributed by atoms with Crippen molar-refractivity contribution in [1.29, 1.82) is 0 Å². The molecule has 0 amide bonds. The zero-order valence-electron chi connectivity index (χ0n) is 12.2. The minimum Gasteiger partial charge on any atom is -0.329 e. The van der Waals surface area contributed by atoms with Crippen LogP contribution in [0.4, 0.5) is 0 Å². The van der Waals surface area contributed by atoms with Gasteiger partial charge in [-0.1, -0.05) is 50.1 Å². The van der Waals surface area contributed by atoms with Gasteiger partial charge < -0.3 is 5.73 Å². The molecule has 0 heterocycles. The Kier molecular flexibility index (Phi) is 5.87. The van der Waals surface area contributed by atoms with Gasteiger partial charge in [0.1, 0.15) is 0 Å². The Balaban J connectivity index is 1.98. The monoisotopic (exact) mass is 260 g/mol. The van der Waals surface area contributed by atoms with E-state index >= 15 is 0 Å². The van der Waals surface area contributed by atoms with Crippen molar-refractivity contribution in [3.63, 3.8) is 0 Å². The normalized spacial score (nSPS) is 24.4. The number of benzene rings is 1. The molecule has 2 N–H and O–H groups in total. The molecule has 0 aromatic heterocycles. The first kappa shape index (κ1) is 14.5. The molecule has 2 rings (SSSR count). The van der Waals surface area contributed by atoms with Crippen molar-refractivity contribution < 1.29 is 0 Å². The highest BCUT2D eigenvalue weighted by molar-refractivity contribution is 5.14. The van der Waals surface area contributed by atoms with Crippen LogP contribution in [-0.2, 0) is 6.54 Å². The van der Waals surface area contributed by atoms with Crippen LogP contribution in [0.1, 0.15) is 44.6 Å². The summed E-state index contributed by atoms with van der Waals surface area (Å²) in [5, 5.41) is 0. The summed E-state index contributed by atoms with van der Waals surface area (Å²) in [5.41, 5.74) is 7.22. The second kappa shape index (κ2) is 7.66. The molecule has 0 spiro atoms. The molecule has 1 saturated carbocycles. The predicted octanol–water partition coefficient (Wildman–Crippen LogP) is 3.42. The predicted molar refractivity (Wildman–Crippen MR) is 81.9 cm³/mol. The molecule has 0 radical (unpaired) electrons. The quantitative estimate of drug-likeness (QED) is 0.822. The number of hydrogen-bond donors (Lipinski definition) is 1. The summed E-state index contributed by atoms with van der Waals surface area (Å²) in [6, 6.07) is 11.5. The fourth-order valence-electron chi connectivity index (χ4n) is 3.21. The van der Waals surface area contributed by atoms with Crippen molar-refractivity contribution in [1.82, 2.24) is 4.90 Å². The van der Waals surface area contributed by atoms with E-state index in [1.807, 2.05) is 0 Å². The van der Waals surface area contributed by atoms with Gasteiger partial charge in [-0.3, -0.25) is 4.90 Å². The highest BCUT2D eigenvalue weighted by Gasteiger charge is 2.21. The van der Waals surface area contributed by atoms with Crippen LogP contribution in [-0.4, -0.2) is 24.0 Å². The summed E-state index contributed by atoms with van der Waals surface area (Å²) in [6.07, 6.45) is 6.84. The molecule has 106 valence electrons. The molecule has 1 aliphatic carbocycles. The first-order chi connectivity index (χ1) is 9.29. The van der Waals surface area contributed by atoms with Gasteiger partial charge in [0, 0.05) is 25.7 Å². The summed E-state index contributed by atoms with van der Waals surface area (Å²) in [6.45, 7) is 5.23. The standard InChI is InChI=1S/C17H28N2/c1-15-6-5-9-17(11-10-15)19(13-12-18)14-16-7-3-2-4-8-16/h2-4,7-8,15,17H,5-6,9-14,18H2,1H3. The average Bonchev–Trinajstić information content (AvgIpc) is 2.64. The van der Waals surface area contributed by atoms with Crippen molar-refractivity contribution in [2.75, 3.05) is 13.1 Å². The summed E-state index contributed by atoms with van der Waals surface area (Å²) in [4.78, 5) is 2.60. The van der Waals surface area contributed by atoms with Gasteiger partial charge in [0.25, 0.3) is 0 Å². The summed E-state index contributed by atoms with van der Waals surface area (Å²) in [5.74, 6) is 0.904. The van der Waals surface area contributed by atoms with E-state index in [0.29, 0.717) is 0 Å². The van der Waals surface area contributed by atoms with Crippen LogP contribution in [0.3, 0.4) is 0 Å². The molecule has 2 unspecified atom stereocenters. The average molecular weight is 260 g/mol.